The van der Waals surface area contributed by atoms with E-state index in [1.165, 1.54) is 12.1 Å². The summed E-state index contributed by atoms with van der Waals surface area (Å²) in [5.41, 5.74) is 1.28. The Balaban J connectivity index is 1.21. The molecule has 2 aliphatic rings. The van der Waals surface area contributed by atoms with E-state index in [9.17, 15) is 0 Å². The van der Waals surface area contributed by atoms with Crippen molar-refractivity contribution in [3.63, 3.8) is 0 Å². The SMILES string of the molecule is Clc1ccc(N2CC[C@H](CNC[C@@H]3CNc4ccnn4C3)C2)cc1. The van der Waals surface area contributed by atoms with E-state index >= 15 is 0 Å². The van der Waals surface area contributed by atoms with Gasteiger partial charge in [-0.1, -0.05) is 11.6 Å². The Morgan fingerprint density at radius 1 is 1.12 bits per heavy atom. The third kappa shape index (κ3) is 3.52. The molecule has 6 heteroatoms. The molecule has 2 aliphatic heterocycles. The summed E-state index contributed by atoms with van der Waals surface area (Å²) in [6.45, 7) is 6.43. The van der Waals surface area contributed by atoms with Crippen LogP contribution in [0.4, 0.5) is 11.5 Å². The van der Waals surface area contributed by atoms with Gasteiger partial charge in [-0.25, -0.2) is 4.68 Å². The number of nitrogens with one attached hydrogen (secondary N) is 2. The second-order valence-corrected chi connectivity index (χ2v) is 7.32. The fourth-order valence-electron chi connectivity index (χ4n) is 3.70. The molecule has 0 aliphatic carbocycles. The van der Waals surface area contributed by atoms with Gasteiger partial charge in [-0.2, -0.15) is 5.10 Å². The van der Waals surface area contributed by atoms with Gasteiger partial charge in [0.1, 0.15) is 5.82 Å². The van der Waals surface area contributed by atoms with E-state index in [0.717, 1.165) is 56.0 Å². The molecule has 3 heterocycles. The normalized spacial score (nSPS) is 23.1. The molecule has 0 amide bonds. The quantitative estimate of drug-likeness (QED) is 0.874. The summed E-state index contributed by atoms with van der Waals surface area (Å²) < 4.78 is 2.06. The van der Waals surface area contributed by atoms with Gasteiger partial charge in [0.15, 0.2) is 0 Å². The minimum absolute atomic E-state index is 0.603. The van der Waals surface area contributed by atoms with E-state index in [1.54, 1.807) is 0 Å². The average Bonchev–Trinajstić information content (AvgIpc) is 3.24. The molecule has 5 nitrogen and oxygen atoms in total. The van der Waals surface area contributed by atoms with Gasteiger partial charge in [-0.3, -0.25) is 0 Å². The largest absolute Gasteiger partial charge is 0.371 e. The van der Waals surface area contributed by atoms with E-state index in [-0.39, 0.29) is 0 Å². The molecule has 1 fully saturated rings. The topological polar surface area (TPSA) is 45.1 Å². The summed E-state index contributed by atoms with van der Waals surface area (Å²) in [7, 11) is 0. The van der Waals surface area contributed by atoms with Crippen molar-refractivity contribution in [3.8, 4) is 0 Å². The molecule has 2 atom stereocenters. The predicted octanol–water partition coefficient (Wildman–Crippen LogP) is 2.69. The smallest absolute Gasteiger partial charge is 0.124 e. The van der Waals surface area contributed by atoms with Crippen molar-refractivity contribution in [2.75, 3.05) is 42.9 Å². The summed E-state index contributed by atoms with van der Waals surface area (Å²) in [6, 6.07) is 10.2. The number of rotatable bonds is 5. The van der Waals surface area contributed by atoms with Crippen molar-refractivity contribution >= 4 is 23.1 Å². The molecule has 0 spiro atoms. The van der Waals surface area contributed by atoms with Crippen LogP contribution in [-0.2, 0) is 6.54 Å². The maximum Gasteiger partial charge on any atom is 0.124 e. The predicted molar refractivity (Wildman–Crippen MR) is 98.8 cm³/mol. The maximum atomic E-state index is 5.97. The third-order valence-corrected chi connectivity index (χ3v) is 5.32. The van der Waals surface area contributed by atoms with Crippen LogP contribution < -0.4 is 15.5 Å². The van der Waals surface area contributed by atoms with Crippen LogP contribution in [0, 0.1) is 11.8 Å². The van der Waals surface area contributed by atoms with Gasteiger partial charge in [0.25, 0.3) is 0 Å². The number of halogens is 1. The van der Waals surface area contributed by atoms with E-state index in [1.807, 2.05) is 24.4 Å². The Hall–Kier alpha value is -1.72. The standard InChI is InChI=1S/C18H24ClN5/c19-16-1-3-17(4-2-16)23-8-6-14(12-23)9-20-10-15-11-21-18-5-7-22-24(18)13-15/h1-5,7,14-15,20-21H,6,8-13H2/t14-,15-/m1/s1. The molecule has 2 N–H and O–H groups in total. The van der Waals surface area contributed by atoms with Gasteiger partial charge in [0.05, 0.1) is 6.20 Å². The van der Waals surface area contributed by atoms with Gasteiger partial charge in [0, 0.05) is 55.4 Å². The summed E-state index contributed by atoms with van der Waals surface area (Å²) in [6.07, 6.45) is 3.11. The first-order valence-corrected chi connectivity index (χ1v) is 9.12. The average molecular weight is 346 g/mol. The number of hydrogen-bond acceptors (Lipinski definition) is 4. The zero-order chi connectivity index (χ0) is 16.4. The molecule has 0 unspecified atom stereocenters. The third-order valence-electron chi connectivity index (χ3n) is 5.06. The zero-order valence-electron chi connectivity index (χ0n) is 13.8. The highest BCUT2D eigenvalue weighted by Gasteiger charge is 2.23. The highest BCUT2D eigenvalue weighted by molar-refractivity contribution is 6.30. The van der Waals surface area contributed by atoms with Crippen LogP contribution in [0.5, 0.6) is 0 Å². The van der Waals surface area contributed by atoms with Crippen LogP contribution in [0.15, 0.2) is 36.5 Å². The number of nitrogens with zero attached hydrogens (tertiary/aromatic N) is 3. The van der Waals surface area contributed by atoms with Crippen molar-refractivity contribution in [1.82, 2.24) is 15.1 Å². The lowest BCUT2D eigenvalue weighted by atomic mass is 10.1. The molecular formula is C18H24ClN5. The Morgan fingerprint density at radius 2 is 1.96 bits per heavy atom. The highest BCUT2D eigenvalue weighted by atomic mass is 35.5. The zero-order valence-corrected chi connectivity index (χ0v) is 14.5. The molecule has 0 bridgehead atoms. The molecule has 4 rings (SSSR count). The van der Waals surface area contributed by atoms with Gasteiger partial charge < -0.3 is 15.5 Å². The van der Waals surface area contributed by atoms with E-state index in [2.05, 4.69) is 37.4 Å². The molecule has 0 saturated carbocycles. The van der Waals surface area contributed by atoms with Crippen molar-refractivity contribution < 1.29 is 0 Å². The van der Waals surface area contributed by atoms with Crippen LogP contribution in [0.2, 0.25) is 5.02 Å². The lowest BCUT2D eigenvalue weighted by Gasteiger charge is -2.25. The summed E-state index contributed by atoms with van der Waals surface area (Å²) in [4.78, 5) is 2.46. The van der Waals surface area contributed by atoms with Crippen LogP contribution in [0.1, 0.15) is 6.42 Å². The Labute approximate surface area is 148 Å². The van der Waals surface area contributed by atoms with Crippen LogP contribution in [0.3, 0.4) is 0 Å². The Kier molecular flexibility index (Phi) is 4.63. The van der Waals surface area contributed by atoms with Gasteiger partial charge in [-0.15, -0.1) is 0 Å². The fourth-order valence-corrected chi connectivity index (χ4v) is 3.83. The van der Waals surface area contributed by atoms with E-state index in [4.69, 9.17) is 11.6 Å². The van der Waals surface area contributed by atoms with Crippen molar-refractivity contribution in [3.05, 3.63) is 41.6 Å². The number of fused-ring (bicyclic) bond motifs is 1. The molecule has 128 valence electrons. The van der Waals surface area contributed by atoms with Crippen molar-refractivity contribution in [2.45, 2.75) is 13.0 Å². The lowest BCUT2D eigenvalue weighted by molar-refractivity contribution is 0.379. The minimum atomic E-state index is 0.603. The fraction of sp³-hybridized carbons (Fsp3) is 0.500. The molecule has 24 heavy (non-hydrogen) atoms. The van der Waals surface area contributed by atoms with Crippen molar-refractivity contribution in [2.24, 2.45) is 11.8 Å². The molecule has 1 aromatic carbocycles. The second-order valence-electron chi connectivity index (χ2n) is 6.88. The molecular weight excluding hydrogens is 322 g/mol. The minimum Gasteiger partial charge on any atom is -0.371 e. The molecule has 1 aromatic heterocycles. The first-order valence-electron chi connectivity index (χ1n) is 8.75. The monoisotopic (exact) mass is 345 g/mol. The van der Waals surface area contributed by atoms with E-state index < -0.39 is 0 Å². The lowest BCUT2D eigenvalue weighted by Crippen LogP contribution is -2.37. The first kappa shape index (κ1) is 15.8. The first-order chi connectivity index (χ1) is 11.8. The second kappa shape index (κ2) is 7.03. The number of benzene rings is 1. The van der Waals surface area contributed by atoms with Crippen LogP contribution in [-0.4, -0.2) is 42.5 Å². The van der Waals surface area contributed by atoms with Crippen molar-refractivity contribution in [1.29, 1.82) is 0 Å². The van der Waals surface area contributed by atoms with Crippen LogP contribution >= 0.6 is 11.6 Å². The van der Waals surface area contributed by atoms with Crippen LogP contribution in [0.25, 0.3) is 0 Å². The van der Waals surface area contributed by atoms with Gasteiger partial charge in [-0.05, 0) is 43.1 Å². The van der Waals surface area contributed by atoms with E-state index in [0.29, 0.717) is 5.92 Å². The molecule has 2 aromatic rings. The highest BCUT2D eigenvalue weighted by Crippen LogP contribution is 2.25. The number of anilines is 2. The number of hydrogen-bond donors (Lipinski definition) is 2. The number of aromatic nitrogens is 2. The molecule has 0 radical (unpaired) electrons. The summed E-state index contributed by atoms with van der Waals surface area (Å²) in [5.74, 6) is 2.46. The molecule has 1 saturated heterocycles. The Bertz CT molecular complexity index is 668. The van der Waals surface area contributed by atoms with Gasteiger partial charge in [0.2, 0.25) is 0 Å². The summed E-state index contributed by atoms with van der Waals surface area (Å²) in [5, 5.41) is 12.3. The van der Waals surface area contributed by atoms with Gasteiger partial charge >= 0.3 is 0 Å². The maximum absolute atomic E-state index is 5.97. The summed E-state index contributed by atoms with van der Waals surface area (Å²) >= 11 is 5.97. The Morgan fingerprint density at radius 3 is 2.83 bits per heavy atom.